The first kappa shape index (κ1) is 17.4. The van der Waals surface area contributed by atoms with Gasteiger partial charge in [-0.2, -0.15) is 0 Å². The van der Waals surface area contributed by atoms with E-state index >= 15 is 0 Å². The van der Waals surface area contributed by atoms with E-state index in [0.29, 0.717) is 24.3 Å². The average molecular weight is 351 g/mol. The Morgan fingerprint density at radius 3 is 3.12 bits per heavy atom. The first-order valence-electron chi connectivity index (χ1n) is 8.18. The van der Waals surface area contributed by atoms with E-state index in [0.717, 1.165) is 12.8 Å². The number of fused-ring (bicyclic) bond motifs is 1. The van der Waals surface area contributed by atoms with E-state index < -0.39 is 12.3 Å². The van der Waals surface area contributed by atoms with Crippen LogP contribution in [0.1, 0.15) is 26.0 Å². The Labute approximate surface area is 143 Å². The normalized spacial score (nSPS) is 23.2. The number of H-pyrrole nitrogens is 1. The van der Waals surface area contributed by atoms with Crippen molar-refractivity contribution in [1.82, 2.24) is 19.9 Å². The van der Waals surface area contributed by atoms with Gasteiger partial charge in [0, 0.05) is 19.4 Å². The second-order valence-corrected chi connectivity index (χ2v) is 6.36. The molecule has 1 amide bonds. The number of nitrogens with one attached hydrogen (secondary N) is 2. The van der Waals surface area contributed by atoms with Gasteiger partial charge in [0.05, 0.1) is 13.7 Å². The maximum Gasteiger partial charge on any atom is 0.313 e. The van der Waals surface area contributed by atoms with Crippen molar-refractivity contribution in [2.45, 2.75) is 32.1 Å². The number of hydrogen-bond acceptors (Lipinski definition) is 6. The molecule has 5 N–H and O–H groups in total. The third-order valence-electron chi connectivity index (χ3n) is 4.45. The number of aryl methyl sites for hydroxylation is 1. The number of nitrogens with zero attached hydrogens (tertiary/aromatic N) is 3. The molecule has 3 rings (SSSR count). The van der Waals surface area contributed by atoms with E-state index in [9.17, 15) is 14.7 Å². The summed E-state index contributed by atoms with van der Waals surface area (Å²) in [5.74, 6) is -0.112. The lowest BCUT2D eigenvalue weighted by molar-refractivity contribution is -0.744. The van der Waals surface area contributed by atoms with Crippen molar-refractivity contribution in [2.75, 3.05) is 18.9 Å². The largest absolute Gasteiger partial charge is 0.386 e. The molecule has 2 aromatic rings. The SMILES string of the molecule is CC(=O)NCCC[C@@H]1CO[C@@H]([n+]2cn(C)c3c(=O)[nH]c(N)nc32)[C@@H]1O. The molecule has 0 saturated carbocycles. The molecule has 25 heavy (non-hydrogen) atoms. The molecule has 1 aliphatic rings. The molecule has 3 atom stereocenters. The van der Waals surface area contributed by atoms with Gasteiger partial charge in [0.25, 0.3) is 11.5 Å². The van der Waals surface area contributed by atoms with E-state index in [2.05, 4.69) is 15.3 Å². The smallest absolute Gasteiger partial charge is 0.313 e. The molecule has 1 saturated heterocycles. The fourth-order valence-electron chi connectivity index (χ4n) is 3.24. The van der Waals surface area contributed by atoms with Gasteiger partial charge in [-0.1, -0.05) is 4.98 Å². The lowest BCUT2D eigenvalue weighted by Gasteiger charge is -2.15. The van der Waals surface area contributed by atoms with E-state index in [4.69, 9.17) is 10.5 Å². The molecular formula is C15H23N6O4+. The molecule has 10 heteroatoms. The van der Waals surface area contributed by atoms with Crippen molar-refractivity contribution < 1.29 is 19.2 Å². The molecule has 136 valence electrons. The zero-order valence-corrected chi connectivity index (χ0v) is 14.2. The number of ether oxygens (including phenoxy) is 1. The zero-order chi connectivity index (χ0) is 18.1. The topological polar surface area (TPSA) is 139 Å². The van der Waals surface area contributed by atoms with Gasteiger partial charge in [0.1, 0.15) is 6.10 Å². The zero-order valence-electron chi connectivity index (χ0n) is 14.2. The van der Waals surface area contributed by atoms with Crippen molar-refractivity contribution in [2.24, 2.45) is 13.0 Å². The Bertz CT molecular complexity index is 844. The summed E-state index contributed by atoms with van der Waals surface area (Å²) in [6, 6.07) is 0. The highest BCUT2D eigenvalue weighted by Gasteiger charge is 2.41. The highest BCUT2D eigenvalue weighted by Crippen LogP contribution is 2.28. The predicted octanol–water partition coefficient (Wildman–Crippen LogP) is -1.45. The summed E-state index contributed by atoms with van der Waals surface area (Å²) < 4.78 is 9.03. The summed E-state index contributed by atoms with van der Waals surface area (Å²) in [5.41, 5.74) is 6.03. The van der Waals surface area contributed by atoms with E-state index in [1.165, 1.54) is 6.92 Å². The summed E-state index contributed by atoms with van der Waals surface area (Å²) in [6.45, 7) is 2.44. The lowest BCUT2D eigenvalue weighted by atomic mass is 9.99. The van der Waals surface area contributed by atoms with Crippen LogP contribution < -0.4 is 21.2 Å². The Hall–Kier alpha value is -2.46. The number of carbonyl (C=O) groups is 1. The van der Waals surface area contributed by atoms with Gasteiger partial charge in [-0.3, -0.25) is 19.1 Å². The number of hydrogen-bond donors (Lipinski definition) is 4. The fraction of sp³-hybridized carbons (Fsp3) is 0.600. The molecule has 3 heterocycles. The maximum absolute atomic E-state index is 12.1. The fourth-order valence-corrected chi connectivity index (χ4v) is 3.24. The first-order chi connectivity index (χ1) is 11.9. The number of nitrogens with two attached hydrogens (primary N) is 1. The second-order valence-electron chi connectivity index (χ2n) is 6.36. The number of carbonyl (C=O) groups excluding carboxylic acids is 1. The molecular weight excluding hydrogens is 328 g/mol. The van der Waals surface area contributed by atoms with Gasteiger partial charge >= 0.3 is 5.65 Å². The van der Waals surface area contributed by atoms with Crippen molar-refractivity contribution >= 4 is 23.0 Å². The van der Waals surface area contributed by atoms with Crippen LogP contribution in [0.25, 0.3) is 11.2 Å². The van der Waals surface area contributed by atoms with Gasteiger partial charge < -0.3 is 20.9 Å². The number of nitrogen functional groups attached to an aromatic ring is 1. The number of aromatic amines is 1. The quantitative estimate of drug-likeness (QED) is 0.384. The number of imidazole rings is 1. The first-order valence-corrected chi connectivity index (χ1v) is 8.18. The van der Waals surface area contributed by atoms with Crippen LogP contribution in [0.15, 0.2) is 11.1 Å². The van der Waals surface area contributed by atoms with Gasteiger partial charge in [-0.05, 0) is 12.8 Å². The number of rotatable bonds is 5. The third kappa shape index (κ3) is 3.35. The molecule has 1 fully saturated rings. The summed E-state index contributed by atoms with van der Waals surface area (Å²) in [7, 11) is 1.72. The molecule has 0 aliphatic carbocycles. The summed E-state index contributed by atoms with van der Waals surface area (Å²) >= 11 is 0. The minimum atomic E-state index is -0.741. The van der Waals surface area contributed by atoms with Gasteiger partial charge in [0.15, 0.2) is 6.33 Å². The molecule has 0 bridgehead atoms. The van der Waals surface area contributed by atoms with E-state index in [1.54, 1.807) is 22.5 Å². The summed E-state index contributed by atoms with van der Waals surface area (Å²) in [5, 5.41) is 13.4. The Morgan fingerprint density at radius 1 is 1.64 bits per heavy atom. The molecule has 2 aromatic heterocycles. The summed E-state index contributed by atoms with van der Waals surface area (Å²) in [6.07, 6.45) is 1.76. The van der Waals surface area contributed by atoms with Gasteiger partial charge in [-0.15, -0.1) is 0 Å². The van der Waals surface area contributed by atoms with Gasteiger partial charge in [0.2, 0.25) is 17.7 Å². The minimum Gasteiger partial charge on any atom is -0.386 e. The number of aliphatic hydroxyl groups excluding tert-OH is 1. The molecule has 10 nitrogen and oxygen atoms in total. The van der Waals surface area contributed by atoms with Crippen molar-refractivity contribution in [3.05, 3.63) is 16.7 Å². The molecule has 0 unspecified atom stereocenters. The number of aliphatic hydroxyl groups is 1. The van der Waals surface area contributed by atoms with Crippen molar-refractivity contribution in [1.29, 1.82) is 0 Å². The van der Waals surface area contributed by atoms with Crippen LogP contribution in [-0.2, 0) is 16.6 Å². The number of amides is 1. The Kier molecular flexibility index (Phi) is 4.73. The Morgan fingerprint density at radius 2 is 2.40 bits per heavy atom. The van der Waals surface area contributed by atoms with Crippen LogP contribution in [0.2, 0.25) is 0 Å². The van der Waals surface area contributed by atoms with Gasteiger partial charge in [-0.25, -0.2) is 4.57 Å². The molecule has 0 aromatic carbocycles. The lowest BCUT2D eigenvalue weighted by Crippen LogP contribution is -2.45. The average Bonchev–Trinajstić information content (AvgIpc) is 3.04. The molecule has 0 spiro atoms. The molecule has 0 radical (unpaired) electrons. The third-order valence-corrected chi connectivity index (χ3v) is 4.45. The monoisotopic (exact) mass is 351 g/mol. The second kappa shape index (κ2) is 6.81. The maximum atomic E-state index is 12.1. The van der Waals surface area contributed by atoms with Crippen molar-refractivity contribution in [3.63, 3.8) is 0 Å². The molecule has 1 aliphatic heterocycles. The van der Waals surface area contributed by atoms with Crippen LogP contribution in [0.4, 0.5) is 5.95 Å². The Balaban J connectivity index is 1.78. The van der Waals surface area contributed by atoms with Crippen LogP contribution in [0, 0.1) is 5.92 Å². The van der Waals surface area contributed by atoms with Crippen LogP contribution in [-0.4, -0.2) is 44.8 Å². The minimum absolute atomic E-state index is 0.0109. The predicted molar refractivity (Wildman–Crippen MR) is 88.3 cm³/mol. The van der Waals surface area contributed by atoms with E-state index in [-0.39, 0.29) is 23.3 Å². The number of aromatic nitrogens is 4. The van der Waals surface area contributed by atoms with Crippen LogP contribution in [0.5, 0.6) is 0 Å². The number of anilines is 1. The van der Waals surface area contributed by atoms with Crippen LogP contribution in [0.3, 0.4) is 0 Å². The summed E-state index contributed by atoms with van der Waals surface area (Å²) in [4.78, 5) is 29.6. The van der Waals surface area contributed by atoms with E-state index in [1.807, 2.05) is 0 Å². The standard InChI is InChI=1S/C15H22N6O4/c1-8(22)17-5-3-4-9-6-25-14(11(9)23)21-7-20(2)10-12(21)18-15(16)19-13(10)24/h7,9,11,14,23H,3-6H2,1-2H3,(H3-,16,17,18,19,22,24)/p+1/t9-,11-,14-/m1/s1. The van der Waals surface area contributed by atoms with Crippen LogP contribution >= 0.6 is 0 Å². The highest BCUT2D eigenvalue weighted by molar-refractivity contribution is 5.72. The van der Waals surface area contributed by atoms with Crippen molar-refractivity contribution in [3.8, 4) is 0 Å². The highest BCUT2D eigenvalue weighted by atomic mass is 16.5.